The molecule has 0 fully saturated rings. The number of rotatable bonds is 2. The van der Waals surface area contributed by atoms with Crippen molar-refractivity contribution in [2.24, 2.45) is 0 Å². The number of hydrogen-bond donors (Lipinski definition) is 1. The van der Waals surface area contributed by atoms with Crippen LogP contribution in [0.1, 0.15) is 21.7 Å². The lowest BCUT2D eigenvalue weighted by Crippen LogP contribution is -2.15. The van der Waals surface area contributed by atoms with E-state index in [0.717, 1.165) is 11.1 Å². The minimum Gasteiger partial charge on any atom is -0.450 e. The Labute approximate surface area is 137 Å². The summed E-state index contributed by atoms with van der Waals surface area (Å²) in [6, 6.07) is 11.7. The number of benzene rings is 2. The summed E-state index contributed by atoms with van der Waals surface area (Å²) in [6.07, 6.45) is 0. The first-order valence-electron chi connectivity index (χ1n) is 7.07. The second-order valence-corrected chi connectivity index (χ2v) is 5.70. The van der Waals surface area contributed by atoms with Crippen LogP contribution in [0.3, 0.4) is 0 Å². The van der Waals surface area contributed by atoms with Crippen molar-refractivity contribution in [3.05, 3.63) is 74.6 Å². The molecule has 0 aliphatic rings. The normalized spacial score (nSPS) is 10.7. The van der Waals surface area contributed by atoms with E-state index >= 15 is 0 Å². The molecular formula is C18H14ClNO3. The van der Waals surface area contributed by atoms with Gasteiger partial charge < -0.3 is 9.73 Å². The van der Waals surface area contributed by atoms with Crippen molar-refractivity contribution in [1.29, 1.82) is 0 Å². The smallest absolute Gasteiger partial charge is 0.291 e. The molecule has 4 nitrogen and oxygen atoms in total. The molecule has 0 atom stereocenters. The van der Waals surface area contributed by atoms with E-state index in [-0.39, 0.29) is 11.2 Å². The van der Waals surface area contributed by atoms with Gasteiger partial charge in [0.2, 0.25) is 0 Å². The van der Waals surface area contributed by atoms with Gasteiger partial charge in [0.25, 0.3) is 5.91 Å². The van der Waals surface area contributed by atoms with Crippen LogP contribution in [-0.4, -0.2) is 5.91 Å². The molecule has 0 aliphatic carbocycles. The van der Waals surface area contributed by atoms with Gasteiger partial charge in [0.1, 0.15) is 5.58 Å². The Morgan fingerprint density at radius 2 is 1.87 bits per heavy atom. The van der Waals surface area contributed by atoms with E-state index in [2.05, 4.69) is 5.32 Å². The molecule has 0 unspecified atom stereocenters. The molecule has 0 radical (unpaired) electrons. The number of hydrogen-bond acceptors (Lipinski definition) is 3. The van der Waals surface area contributed by atoms with Crippen molar-refractivity contribution in [3.63, 3.8) is 0 Å². The summed E-state index contributed by atoms with van der Waals surface area (Å²) < 4.78 is 5.63. The van der Waals surface area contributed by atoms with Crippen LogP contribution in [0, 0.1) is 13.8 Å². The third kappa shape index (κ3) is 2.85. The topological polar surface area (TPSA) is 59.3 Å². The number of carbonyl (C=O) groups excluding carboxylic acids is 1. The maximum absolute atomic E-state index is 12.4. The Balaban J connectivity index is 2.03. The van der Waals surface area contributed by atoms with E-state index in [1.165, 1.54) is 6.07 Å². The van der Waals surface area contributed by atoms with Gasteiger partial charge in [-0.2, -0.15) is 0 Å². The lowest BCUT2D eigenvalue weighted by atomic mass is 10.1. The maximum atomic E-state index is 12.4. The van der Waals surface area contributed by atoms with Gasteiger partial charge in [0.15, 0.2) is 11.2 Å². The van der Waals surface area contributed by atoms with Crippen molar-refractivity contribution in [1.82, 2.24) is 0 Å². The number of halogens is 1. The van der Waals surface area contributed by atoms with E-state index in [4.69, 9.17) is 16.0 Å². The van der Waals surface area contributed by atoms with Crippen molar-refractivity contribution in [3.8, 4) is 0 Å². The zero-order valence-electron chi connectivity index (χ0n) is 12.6. The highest BCUT2D eigenvalue weighted by atomic mass is 35.5. The van der Waals surface area contributed by atoms with E-state index in [0.29, 0.717) is 21.7 Å². The van der Waals surface area contributed by atoms with Crippen molar-refractivity contribution in [2.45, 2.75) is 13.8 Å². The van der Waals surface area contributed by atoms with Crippen molar-refractivity contribution >= 4 is 34.2 Å². The van der Waals surface area contributed by atoms with Crippen LogP contribution in [0.2, 0.25) is 5.02 Å². The molecule has 1 heterocycles. The fraction of sp³-hybridized carbons (Fsp3) is 0.111. The van der Waals surface area contributed by atoms with Crippen LogP contribution in [0.5, 0.6) is 0 Å². The molecule has 0 spiro atoms. The van der Waals surface area contributed by atoms with Crippen LogP contribution < -0.4 is 10.7 Å². The fourth-order valence-corrected chi connectivity index (χ4v) is 2.53. The minimum absolute atomic E-state index is 0.0313. The van der Waals surface area contributed by atoms with Crippen LogP contribution in [0.25, 0.3) is 11.0 Å². The first-order chi connectivity index (χ1) is 11.0. The summed E-state index contributed by atoms with van der Waals surface area (Å²) in [5, 5.41) is 3.74. The molecule has 0 aliphatic heterocycles. The molecule has 116 valence electrons. The van der Waals surface area contributed by atoms with E-state index in [1.807, 2.05) is 13.0 Å². The number of anilines is 1. The molecule has 23 heavy (non-hydrogen) atoms. The maximum Gasteiger partial charge on any atom is 0.291 e. The lowest BCUT2D eigenvalue weighted by molar-refractivity contribution is 0.0997. The third-order valence-electron chi connectivity index (χ3n) is 3.69. The summed E-state index contributed by atoms with van der Waals surface area (Å²) in [7, 11) is 0. The third-order valence-corrected chi connectivity index (χ3v) is 4.10. The summed E-state index contributed by atoms with van der Waals surface area (Å²) >= 11 is 6.04. The van der Waals surface area contributed by atoms with Gasteiger partial charge in [-0.25, -0.2) is 0 Å². The molecule has 3 aromatic rings. The molecular weight excluding hydrogens is 314 g/mol. The molecule has 1 N–H and O–H groups in total. The molecule has 0 saturated heterocycles. The van der Waals surface area contributed by atoms with Crippen LogP contribution in [0.15, 0.2) is 51.7 Å². The van der Waals surface area contributed by atoms with Gasteiger partial charge in [-0.1, -0.05) is 29.8 Å². The largest absolute Gasteiger partial charge is 0.450 e. The molecule has 5 heteroatoms. The number of amides is 1. The van der Waals surface area contributed by atoms with Gasteiger partial charge in [-0.3, -0.25) is 9.59 Å². The molecule has 2 aromatic carbocycles. The van der Waals surface area contributed by atoms with Gasteiger partial charge in [-0.15, -0.1) is 0 Å². The number of para-hydroxylation sites is 1. The minimum atomic E-state index is -0.488. The van der Waals surface area contributed by atoms with Crippen LogP contribution in [-0.2, 0) is 0 Å². The van der Waals surface area contributed by atoms with Gasteiger partial charge in [0, 0.05) is 16.8 Å². The Kier molecular flexibility index (Phi) is 3.92. The van der Waals surface area contributed by atoms with Gasteiger partial charge >= 0.3 is 0 Å². The van der Waals surface area contributed by atoms with Crippen molar-refractivity contribution < 1.29 is 9.21 Å². The van der Waals surface area contributed by atoms with E-state index in [1.54, 1.807) is 37.3 Å². The first kappa shape index (κ1) is 15.3. The number of nitrogens with one attached hydrogen (secondary N) is 1. The number of carbonyl (C=O) groups is 1. The Morgan fingerprint density at radius 3 is 2.65 bits per heavy atom. The molecule has 3 rings (SSSR count). The standard InChI is InChI=1S/C18H14ClNO3/c1-10-5-3-6-12-15(21)9-16(23-17(10)12)18(22)20-14-8-4-7-13(19)11(14)2/h3-9H,1-2H3,(H,20,22). The average Bonchev–Trinajstić information content (AvgIpc) is 2.52. The Morgan fingerprint density at radius 1 is 1.13 bits per heavy atom. The second-order valence-electron chi connectivity index (χ2n) is 5.29. The van der Waals surface area contributed by atoms with Gasteiger partial charge in [-0.05, 0) is 43.2 Å². The second kappa shape index (κ2) is 5.89. The quantitative estimate of drug-likeness (QED) is 0.762. The van der Waals surface area contributed by atoms with E-state index in [9.17, 15) is 9.59 Å². The predicted octanol–water partition coefficient (Wildman–Crippen LogP) is 4.32. The SMILES string of the molecule is Cc1c(Cl)cccc1NC(=O)c1cc(=O)c2cccc(C)c2o1. The average molecular weight is 328 g/mol. The van der Waals surface area contributed by atoms with Gasteiger partial charge in [0.05, 0.1) is 5.39 Å². The number of aryl methyl sites for hydroxylation is 1. The Bertz CT molecular complexity index is 976. The van der Waals surface area contributed by atoms with Crippen LogP contribution >= 0.6 is 11.6 Å². The van der Waals surface area contributed by atoms with E-state index < -0.39 is 5.91 Å². The monoisotopic (exact) mass is 327 g/mol. The molecule has 1 aromatic heterocycles. The lowest BCUT2D eigenvalue weighted by Gasteiger charge is -2.09. The number of fused-ring (bicyclic) bond motifs is 1. The highest BCUT2D eigenvalue weighted by Gasteiger charge is 2.15. The summed E-state index contributed by atoms with van der Waals surface area (Å²) in [5.41, 5.74) is 2.31. The Hall–Kier alpha value is -2.59. The fourth-order valence-electron chi connectivity index (χ4n) is 2.36. The zero-order chi connectivity index (χ0) is 16.6. The summed E-state index contributed by atoms with van der Waals surface area (Å²) in [5.74, 6) is -0.520. The molecule has 0 bridgehead atoms. The van der Waals surface area contributed by atoms with Crippen molar-refractivity contribution in [2.75, 3.05) is 5.32 Å². The zero-order valence-corrected chi connectivity index (χ0v) is 13.4. The molecule has 0 saturated carbocycles. The summed E-state index contributed by atoms with van der Waals surface area (Å²) in [4.78, 5) is 24.6. The first-order valence-corrected chi connectivity index (χ1v) is 7.45. The highest BCUT2D eigenvalue weighted by molar-refractivity contribution is 6.31. The molecule has 1 amide bonds. The summed E-state index contributed by atoms with van der Waals surface area (Å²) in [6.45, 7) is 3.63. The predicted molar refractivity (Wildman–Crippen MR) is 91.4 cm³/mol. The highest BCUT2D eigenvalue weighted by Crippen LogP contribution is 2.24. The van der Waals surface area contributed by atoms with Crippen LogP contribution in [0.4, 0.5) is 5.69 Å².